The molecule has 1 aromatic rings. The van der Waals surface area contributed by atoms with Gasteiger partial charge in [0.25, 0.3) is 0 Å². The normalized spacial score (nSPS) is 26.4. The number of rotatable bonds is 2. The first kappa shape index (κ1) is 14.6. The van der Waals surface area contributed by atoms with Gasteiger partial charge in [0.2, 0.25) is 0 Å². The molecule has 0 saturated carbocycles. The van der Waals surface area contributed by atoms with Crippen LogP contribution in [0.1, 0.15) is 12.0 Å². The molecule has 0 amide bonds. The van der Waals surface area contributed by atoms with Gasteiger partial charge in [0.15, 0.2) is 0 Å². The predicted octanol–water partition coefficient (Wildman–Crippen LogP) is 1.78. The summed E-state index contributed by atoms with van der Waals surface area (Å²) in [4.78, 5) is 2.54. The topological polar surface area (TPSA) is 35.5 Å². The van der Waals surface area contributed by atoms with Crippen LogP contribution in [0.25, 0.3) is 0 Å². The van der Waals surface area contributed by atoms with Crippen LogP contribution in [0.15, 0.2) is 24.3 Å². The van der Waals surface area contributed by atoms with Crippen molar-refractivity contribution in [1.29, 1.82) is 0 Å². The van der Waals surface area contributed by atoms with E-state index in [4.69, 9.17) is 0 Å². The van der Waals surface area contributed by atoms with E-state index in [1.54, 1.807) is 12.1 Å². The van der Waals surface area contributed by atoms with Crippen molar-refractivity contribution in [2.75, 3.05) is 13.1 Å². The maximum atomic E-state index is 9.20. The quantitative estimate of drug-likeness (QED) is 0.865. The second-order valence-corrected chi connectivity index (χ2v) is 4.59. The molecule has 0 radical (unpaired) electrons. The van der Waals surface area contributed by atoms with Gasteiger partial charge in [-0.1, -0.05) is 12.1 Å². The SMILES string of the molecule is Cl.Cl.Oc1ccc(CN2C[C@@H]3C[C@H]2CN3)cc1. The summed E-state index contributed by atoms with van der Waals surface area (Å²) in [5, 5.41) is 12.7. The number of hydrogen-bond donors (Lipinski definition) is 2. The van der Waals surface area contributed by atoms with Gasteiger partial charge in [-0.2, -0.15) is 0 Å². The van der Waals surface area contributed by atoms with Crippen molar-refractivity contribution in [1.82, 2.24) is 10.2 Å². The van der Waals surface area contributed by atoms with E-state index in [9.17, 15) is 5.11 Å². The third-order valence-corrected chi connectivity index (χ3v) is 3.49. The average Bonchev–Trinajstić information content (AvgIpc) is 2.83. The van der Waals surface area contributed by atoms with E-state index in [0.29, 0.717) is 11.8 Å². The summed E-state index contributed by atoms with van der Waals surface area (Å²) < 4.78 is 0. The third-order valence-electron chi connectivity index (χ3n) is 3.49. The zero-order valence-electron chi connectivity index (χ0n) is 9.50. The molecule has 2 heterocycles. The molecule has 0 unspecified atom stereocenters. The summed E-state index contributed by atoms with van der Waals surface area (Å²) >= 11 is 0. The molecule has 17 heavy (non-hydrogen) atoms. The Morgan fingerprint density at radius 3 is 2.47 bits per heavy atom. The van der Waals surface area contributed by atoms with Crippen molar-refractivity contribution in [3.05, 3.63) is 29.8 Å². The average molecular weight is 277 g/mol. The number of nitrogens with zero attached hydrogens (tertiary/aromatic N) is 1. The Labute approximate surface area is 114 Å². The summed E-state index contributed by atoms with van der Waals surface area (Å²) in [6.45, 7) is 3.33. The zero-order chi connectivity index (χ0) is 10.3. The molecule has 2 aliphatic heterocycles. The molecule has 2 fully saturated rings. The Kier molecular flexibility index (Phi) is 5.07. The molecule has 3 nitrogen and oxygen atoms in total. The van der Waals surface area contributed by atoms with Crippen molar-refractivity contribution in [2.24, 2.45) is 0 Å². The number of benzene rings is 1. The Hall–Kier alpha value is -0.480. The van der Waals surface area contributed by atoms with Gasteiger partial charge >= 0.3 is 0 Å². The largest absolute Gasteiger partial charge is 0.508 e. The third kappa shape index (κ3) is 3.05. The minimum Gasteiger partial charge on any atom is -0.508 e. The van der Waals surface area contributed by atoms with E-state index in [1.165, 1.54) is 18.5 Å². The second kappa shape index (κ2) is 5.91. The summed E-state index contributed by atoms with van der Waals surface area (Å²) in [6.07, 6.45) is 1.30. The monoisotopic (exact) mass is 276 g/mol. The number of hydrogen-bond acceptors (Lipinski definition) is 3. The molecular weight excluding hydrogens is 259 g/mol. The van der Waals surface area contributed by atoms with E-state index < -0.39 is 0 Å². The summed E-state index contributed by atoms with van der Waals surface area (Å²) in [6, 6.07) is 8.99. The first-order chi connectivity index (χ1) is 7.31. The van der Waals surface area contributed by atoms with Crippen LogP contribution in [0.5, 0.6) is 5.75 Å². The molecule has 5 heteroatoms. The lowest BCUT2D eigenvalue weighted by Crippen LogP contribution is -2.42. The molecule has 2 bridgehead atoms. The molecule has 3 rings (SSSR count). The zero-order valence-corrected chi connectivity index (χ0v) is 11.1. The van der Waals surface area contributed by atoms with Crippen LogP contribution in [0.3, 0.4) is 0 Å². The Bertz CT molecular complexity index is 358. The smallest absolute Gasteiger partial charge is 0.115 e. The van der Waals surface area contributed by atoms with E-state index in [1.807, 2.05) is 12.1 Å². The number of phenolic OH excluding ortho intramolecular Hbond substituents is 1. The van der Waals surface area contributed by atoms with Crippen molar-refractivity contribution < 1.29 is 5.11 Å². The molecular formula is C12H18Cl2N2O. The van der Waals surface area contributed by atoms with E-state index in [-0.39, 0.29) is 24.8 Å². The fourth-order valence-electron chi connectivity index (χ4n) is 2.68. The van der Waals surface area contributed by atoms with Gasteiger partial charge in [0, 0.05) is 31.7 Å². The molecule has 0 spiro atoms. The number of likely N-dealkylation sites (tertiary alicyclic amines) is 1. The van der Waals surface area contributed by atoms with Crippen LogP contribution in [0.4, 0.5) is 0 Å². The number of aromatic hydroxyl groups is 1. The Balaban J connectivity index is 0.000000722. The minimum absolute atomic E-state index is 0. The molecule has 96 valence electrons. The highest BCUT2D eigenvalue weighted by molar-refractivity contribution is 5.85. The lowest BCUT2D eigenvalue weighted by molar-refractivity contribution is 0.218. The van der Waals surface area contributed by atoms with Gasteiger partial charge < -0.3 is 10.4 Å². The number of nitrogens with one attached hydrogen (secondary N) is 1. The first-order valence-electron chi connectivity index (χ1n) is 5.56. The second-order valence-electron chi connectivity index (χ2n) is 4.59. The fourth-order valence-corrected chi connectivity index (χ4v) is 2.68. The maximum Gasteiger partial charge on any atom is 0.115 e. The fraction of sp³-hybridized carbons (Fsp3) is 0.500. The van der Waals surface area contributed by atoms with Crippen molar-refractivity contribution in [2.45, 2.75) is 25.0 Å². The number of halogens is 2. The molecule has 2 N–H and O–H groups in total. The van der Waals surface area contributed by atoms with E-state index >= 15 is 0 Å². The molecule has 2 aliphatic rings. The predicted molar refractivity (Wildman–Crippen MR) is 73.2 cm³/mol. The Morgan fingerprint density at radius 2 is 1.94 bits per heavy atom. The summed E-state index contributed by atoms with van der Waals surface area (Å²) in [5.74, 6) is 0.350. The van der Waals surface area contributed by atoms with Crippen LogP contribution in [-0.2, 0) is 6.54 Å². The highest BCUT2D eigenvalue weighted by Gasteiger charge is 2.36. The lowest BCUT2D eigenvalue weighted by Gasteiger charge is -2.27. The number of piperazine rings is 1. The highest BCUT2D eigenvalue weighted by atomic mass is 35.5. The van der Waals surface area contributed by atoms with Crippen LogP contribution in [-0.4, -0.2) is 35.2 Å². The van der Waals surface area contributed by atoms with Gasteiger partial charge in [-0.05, 0) is 24.1 Å². The highest BCUT2D eigenvalue weighted by Crippen LogP contribution is 2.25. The minimum atomic E-state index is 0. The number of fused-ring (bicyclic) bond motifs is 2. The lowest BCUT2D eigenvalue weighted by atomic mass is 10.2. The van der Waals surface area contributed by atoms with E-state index in [0.717, 1.165) is 19.1 Å². The number of phenols is 1. The maximum absolute atomic E-state index is 9.20. The van der Waals surface area contributed by atoms with Crippen LogP contribution < -0.4 is 5.32 Å². The van der Waals surface area contributed by atoms with Gasteiger partial charge in [-0.3, -0.25) is 4.90 Å². The van der Waals surface area contributed by atoms with Gasteiger partial charge in [0.05, 0.1) is 0 Å². The standard InChI is InChI=1S/C12H16N2O.2ClH/c15-12-3-1-9(2-4-12)7-14-8-10-5-11(14)6-13-10;;/h1-4,10-11,13,15H,5-8H2;2*1H/t10-,11-;;/m0../s1. The molecule has 1 aromatic carbocycles. The van der Waals surface area contributed by atoms with Gasteiger partial charge in [-0.25, -0.2) is 0 Å². The summed E-state index contributed by atoms with van der Waals surface area (Å²) in [5.41, 5.74) is 1.29. The van der Waals surface area contributed by atoms with Crippen molar-refractivity contribution >= 4 is 24.8 Å². The molecule has 2 saturated heterocycles. The van der Waals surface area contributed by atoms with Crippen molar-refractivity contribution in [3.63, 3.8) is 0 Å². The van der Waals surface area contributed by atoms with Crippen LogP contribution in [0, 0.1) is 0 Å². The summed E-state index contributed by atoms with van der Waals surface area (Å²) in [7, 11) is 0. The van der Waals surface area contributed by atoms with Crippen LogP contribution in [0.2, 0.25) is 0 Å². The van der Waals surface area contributed by atoms with Gasteiger partial charge in [-0.15, -0.1) is 24.8 Å². The first-order valence-corrected chi connectivity index (χ1v) is 5.56. The molecule has 2 atom stereocenters. The van der Waals surface area contributed by atoms with Crippen molar-refractivity contribution in [3.8, 4) is 5.75 Å². The molecule has 0 aromatic heterocycles. The van der Waals surface area contributed by atoms with Crippen LogP contribution >= 0.6 is 24.8 Å². The Morgan fingerprint density at radius 1 is 1.24 bits per heavy atom. The molecule has 0 aliphatic carbocycles. The van der Waals surface area contributed by atoms with E-state index in [2.05, 4.69) is 10.2 Å². The van der Waals surface area contributed by atoms with Gasteiger partial charge in [0.1, 0.15) is 5.75 Å².